The molecule has 0 N–H and O–H groups in total. The third kappa shape index (κ3) is 3.77. The molecule has 25 heavy (non-hydrogen) atoms. The Morgan fingerprint density at radius 1 is 1.04 bits per heavy atom. The van der Waals surface area contributed by atoms with E-state index in [2.05, 4.69) is 30.1 Å². The summed E-state index contributed by atoms with van der Waals surface area (Å²) in [5, 5.41) is 10.1. The van der Waals surface area contributed by atoms with E-state index in [9.17, 15) is 4.79 Å². The number of nitrogens with zero attached hydrogens (tertiary/aromatic N) is 3. The van der Waals surface area contributed by atoms with E-state index in [4.69, 9.17) is 0 Å². The summed E-state index contributed by atoms with van der Waals surface area (Å²) in [5.74, 6) is -0.0330. The molecule has 3 rings (SSSR count). The molecule has 0 aliphatic heterocycles. The molecule has 0 bridgehead atoms. The average molecular weight is 351 g/mol. The Hall–Kier alpha value is -2.53. The molecular weight excluding hydrogens is 330 g/mol. The van der Waals surface area contributed by atoms with Gasteiger partial charge in [-0.15, -0.1) is 10.2 Å². The van der Waals surface area contributed by atoms with Crippen LogP contribution in [0.1, 0.15) is 34.8 Å². The minimum atomic E-state index is -0.0330. The van der Waals surface area contributed by atoms with Gasteiger partial charge in [0.25, 0.3) is 5.91 Å². The van der Waals surface area contributed by atoms with Gasteiger partial charge in [0.1, 0.15) is 5.01 Å². The van der Waals surface area contributed by atoms with Gasteiger partial charge in [0.05, 0.1) is 0 Å². The van der Waals surface area contributed by atoms with E-state index in [0.29, 0.717) is 17.2 Å². The number of anilines is 1. The van der Waals surface area contributed by atoms with Gasteiger partial charge in [-0.3, -0.25) is 9.69 Å². The average Bonchev–Trinajstić information content (AvgIpc) is 3.09. The van der Waals surface area contributed by atoms with E-state index < -0.39 is 0 Å². The summed E-state index contributed by atoms with van der Waals surface area (Å²) in [7, 11) is 0. The van der Waals surface area contributed by atoms with Gasteiger partial charge in [-0.05, 0) is 38.0 Å². The van der Waals surface area contributed by atoms with Crippen LogP contribution in [-0.4, -0.2) is 22.6 Å². The number of rotatable bonds is 5. The molecule has 1 heterocycles. The smallest absolute Gasteiger partial charge is 0.260 e. The van der Waals surface area contributed by atoms with Crippen molar-refractivity contribution in [2.24, 2.45) is 0 Å². The maximum Gasteiger partial charge on any atom is 0.260 e. The highest BCUT2D eigenvalue weighted by Crippen LogP contribution is 2.31. The SMILES string of the molecule is CCCN(C(=O)c1ccc(C)cc1)c1nnc(-c2ccccc2C)s1. The summed E-state index contributed by atoms with van der Waals surface area (Å²) in [6, 6.07) is 15.7. The van der Waals surface area contributed by atoms with Gasteiger partial charge in [-0.1, -0.05) is 60.2 Å². The van der Waals surface area contributed by atoms with Crippen molar-refractivity contribution >= 4 is 22.4 Å². The molecule has 0 aliphatic carbocycles. The normalized spacial score (nSPS) is 10.7. The van der Waals surface area contributed by atoms with Crippen LogP contribution in [0.2, 0.25) is 0 Å². The van der Waals surface area contributed by atoms with Crippen molar-refractivity contribution in [2.45, 2.75) is 27.2 Å². The zero-order valence-electron chi connectivity index (χ0n) is 14.7. The third-order valence-corrected chi connectivity index (χ3v) is 4.99. The molecule has 2 aromatic carbocycles. The molecule has 128 valence electrons. The molecule has 0 fully saturated rings. The Balaban J connectivity index is 1.92. The zero-order valence-corrected chi connectivity index (χ0v) is 15.5. The zero-order chi connectivity index (χ0) is 17.8. The predicted molar refractivity (Wildman–Crippen MR) is 103 cm³/mol. The molecule has 0 saturated heterocycles. The van der Waals surface area contributed by atoms with Gasteiger partial charge in [0, 0.05) is 17.7 Å². The maximum absolute atomic E-state index is 12.9. The summed E-state index contributed by atoms with van der Waals surface area (Å²) in [6.07, 6.45) is 0.858. The van der Waals surface area contributed by atoms with Crippen LogP contribution in [0.4, 0.5) is 5.13 Å². The van der Waals surface area contributed by atoms with Gasteiger partial charge < -0.3 is 0 Å². The number of aryl methyl sites for hydroxylation is 2. The highest BCUT2D eigenvalue weighted by Gasteiger charge is 2.21. The lowest BCUT2D eigenvalue weighted by Crippen LogP contribution is -2.31. The van der Waals surface area contributed by atoms with Crippen molar-refractivity contribution in [1.29, 1.82) is 0 Å². The van der Waals surface area contributed by atoms with Crippen molar-refractivity contribution in [1.82, 2.24) is 10.2 Å². The number of carbonyl (C=O) groups is 1. The van der Waals surface area contributed by atoms with Gasteiger partial charge in [0.15, 0.2) is 0 Å². The molecule has 3 aromatic rings. The molecule has 0 saturated carbocycles. The molecule has 1 aromatic heterocycles. The molecule has 0 spiro atoms. The van der Waals surface area contributed by atoms with Crippen molar-refractivity contribution in [3.63, 3.8) is 0 Å². The quantitative estimate of drug-likeness (QED) is 0.658. The van der Waals surface area contributed by atoms with Crippen LogP contribution in [0.15, 0.2) is 48.5 Å². The minimum Gasteiger partial charge on any atom is -0.283 e. The summed E-state index contributed by atoms with van der Waals surface area (Å²) < 4.78 is 0. The van der Waals surface area contributed by atoms with Crippen LogP contribution in [0.25, 0.3) is 10.6 Å². The van der Waals surface area contributed by atoms with Gasteiger partial charge >= 0.3 is 0 Å². The second-order valence-electron chi connectivity index (χ2n) is 6.03. The summed E-state index contributed by atoms with van der Waals surface area (Å²) in [5.41, 5.74) is 4.02. The first-order valence-corrected chi connectivity index (χ1v) is 9.20. The summed E-state index contributed by atoms with van der Waals surface area (Å²) in [4.78, 5) is 14.7. The second-order valence-corrected chi connectivity index (χ2v) is 6.98. The molecular formula is C20H21N3OS. The fourth-order valence-electron chi connectivity index (χ4n) is 2.61. The summed E-state index contributed by atoms with van der Waals surface area (Å²) in [6.45, 7) is 6.74. The van der Waals surface area contributed by atoms with E-state index in [-0.39, 0.29) is 5.91 Å². The van der Waals surface area contributed by atoms with Crippen LogP contribution in [0, 0.1) is 13.8 Å². The topological polar surface area (TPSA) is 46.1 Å². The van der Waals surface area contributed by atoms with Crippen molar-refractivity contribution in [3.8, 4) is 10.6 Å². The van der Waals surface area contributed by atoms with Crippen LogP contribution in [-0.2, 0) is 0 Å². The minimum absolute atomic E-state index is 0.0330. The Bertz CT molecular complexity index is 871. The lowest BCUT2D eigenvalue weighted by molar-refractivity contribution is 0.0986. The Kier molecular flexibility index (Phi) is 5.24. The Labute approximate surface area is 152 Å². The second kappa shape index (κ2) is 7.57. The summed E-state index contributed by atoms with van der Waals surface area (Å²) >= 11 is 1.46. The Morgan fingerprint density at radius 2 is 1.76 bits per heavy atom. The van der Waals surface area contributed by atoms with Crippen LogP contribution < -0.4 is 4.90 Å². The number of hydrogen-bond donors (Lipinski definition) is 0. The van der Waals surface area contributed by atoms with E-state index in [1.807, 2.05) is 49.4 Å². The Morgan fingerprint density at radius 3 is 2.44 bits per heavy atom. The first-order chi connectivity index (χ1) is 12.1. The molecule has 1 amide bonds. The van der Waals surface area contributed by atoms with Crippen molar-refractivity contribution in [3.05, 3.63) is 65.2 Å². The molecule has 0 aliphatic rings. The van der Waals surface area contributed by atoms with Crippen molar-refractivity contribution in [2.75, 3.05) is 11.4 Å². The van der Waals surface area contributed by atoms with Crippen LogP contribution in [0.5, 0.6) is 0 Å². The molecule has 0 unspecified atom stereocenters. The molecule has 5 heteroatoms. The van der Waals surface area contributed by atoms with E-state index >= 15 is 0 Å². The predicted octanol–water partition coefficient (Wildman–Crippen LogP) is 4.88. The highest BCUT2D eigenvalue weighted by atomic mass is 32.1. The van der Waals surface area contributed by atoms with E-state index in [0.717, 1.165) is 28.1 Å². The molecule has 0 atom stereocenters. The van der Waals surface area contributed by atoms with E-state index in [1.54, 1.807) is 4.90 Å². The molecule has 0 radical (unpaired) electrons. The van der Waals surface area contributed by atoms with E-state index in [1.165, 1.54) is 11.3 Å². The van der Waals surface area contributed by atoms with Crippen molar-refractivity contribution < 1.29 is 4.79 Å². The van der Waals surface area contributed by atoms with Gasteiger partial charge in [-0.2, -0.15) is 0 Å². The maximum atomic E-state index is 12.9. The first kappa shape index (κ1) is 17.3. The highest BCUT2D eigenvalue weighted by molar-refractivity contribution is 7.18. The number of hydrogen-bond acceptors (Lipinski definition) is 4. The fraction of sp³-hybridized carbons (Fsp3) is 0.250. The van der Waals surface area contributed by atoms with Gasteiger partial charge in [-0.25, -0.2) is 0 Å². The van der Waals surface area contributed by atoms with Crippen LogP contribution in [0.3, 0.4) is 0 Å². The lowest BCUT2D eigenvalue weighted by atomic mass is 10.1. The number of benzene rings is 2. The monoisotopic (exact) mass is 351 g/mol. The molecule has 4 nitrogen and oxygen atoms in total. The standard InChI is InChI=1S/C20H21N3OS/c1-4-13-23(19(24)16-11-9-14(2)10-12-16)20-22-21-18(25-20)17-8-6-5-7-15(17)3/h5-12H,4,13H2,1-3H3. The lowest BCUT2D eigenvalue weighted by Gasteiger charge is -2.18. The third-order valence-electron chi connectivity index (χ3n) is 4.01. The fourth-order valence-corrected chi connectivity index (χ4v) is 3.57. The number of carbonyl (C=O) groups excluding carboxylic acids is 1. The largest absolute Gasteiger partial charge is 0.283 e. The first-order valence-electron chi connectivity index (χ1n) is 8.38. The van der Waals surface area contributed by atoms with Crippen LogP contribution >= 0.6 is 11.3 Å². The number of aromatic nitrogens is 2. The van der Waals surface area contributed by atoms with Gasteiger partial charge in [0.2, 0.25) is 5.13 Å². The number of amides is 1.